The van der Waals surface area contributed by atoms with Crippen molar-refractivity contribution in [2.45, 2.75) is 45.1 Å². The molecule has 4 aromatic carbocycles. The standard InChI is InChI=1S/C34H29N3OS/c1-21-13-18-27-28(19-21)39-31(36-27)22-14-16-24(17-15-22)35-29-25-11-8-12-26-30(25)37(32(29)38)33(2,3)20-34(26,4)23-9-6-5-7-10-23/h5-19H,20H2,1-4H3/t34-/m0/s1. The first kappa shape index (κ1) is 24.0. The smallest absolute Gasteiger partial charge is 0.278 e. The van der Waals surface area contributed by atoms with Crippen LogP contribution in [0, 0.1) is 6.92 Å². The zero-order valence-electron chi connectivity index (χ0n) is 22.5. The number of aryl methyl sites for hydroxylation is 1. The van der Waals surface area contributed by atoms with Gasteiger partial charge >= 0.3 is 0 Å². The highest BCUT2D eigenvalue weighted by atomic mass is 32.1. The van der Waals surface area contributed by atoms with Gasteiger partial charge in [0.05, 0.1) is 21.6 Å². The molecule has 0 N–H and O–H groups in total. The quantitative estimate of drug-likeness (QED) is 0.237. The molecule has 5 aromatic rings. The van der Waals surface area contributed by atoms with Crippen LogP contribution in [-0.2, 0) is 10.2 Å². The first-order valence-corrected chi connectivity index (χ1v) is 14.2. The van der Waals surface area contributed by atoms with E-state index in [9.17, 15) is 4.79 Å². The molecule has 1 atom stereocenters. The van der Waals surface area contributed by atoms with Crippen molar-refractivity contribution in [3.05, 3.63) is 113 Å². The van der Waals surface area contributed by atoms with Crippen LogP contribution in [0.1, 0.15) is 49.4 Å². The lowest BCUT2D eigenvalue weighted by Crippen LogP contribution is -2.54. The summed E-state index contributed by atoms with van der Waals surface area (Å²) < 4.78 is 1.19. The molecule has 1 aromatic heterocycles. The highest BCUT2D eigenvalue weighted by Gasteiger charge is 2.53. The summed E-state index contributed by atoms with van der Waals surface area (Å²) in [5.41, 5.74) is 8.39. The summed E-state index contributed by atoms with van der Waals surface area (Å²) >= 11 is 1.70. The van der Waals surface area contributed by atoms with E-state index in [4.69, 9.17) is 9.98 Å². The monoisotopic (exact) mass is 527 g/mol. The predicted octanol–water partition coefficient (Wildman–Crippen LogP) is 8.23. The lowest BCUT2D eigenvalue weighted by molar-refractivity contribution is -0.113. The number of hydrogen-bond donors (Lipinski definition) is 0. The molecule has 0 radical (unpaired) electrons. The summed E-state index contributed by atoms with van der Waals surface area (Å²) in [6, 6.07) is 31.3. The van der Waals surface area contributed by atoms with Crippen molar-refractivity contribution in [2.75, 3.05) is 4.90 Å². The van der Waals surface area contributed by atoms with Crippen LogP contribution in [-0.4, -0.2) is 22.1 Å². The molecule has 0 saturated heterocycles. The van der Waals surface area contributed by atoms with Crippen LogP contribution in [0.25, 0.3) is 20.8 Å². The number of carbonyl (C=O) groups excluding carboxylic acids is 1. The third-order valence-corrected chi connectivity index (χ3v) is 9.28. The molecule has 0 spiro atoms. The van der Waals surface area contributed by atoms with Crippen molar-refractivity contribution in [3.8, 4) is 10.6 Å². The van der Waals surface area contributed by atoms with Crippen molar-refractivity contribution in [1.29, 1.82) is 0 Å². The highest BCUT2D eigenvalue weighted by Crippen LogP contribution is 2.54. The number of rotatable bonds is 3. The first-order chi connectivity index (χ1) is 18.7. The van der Waals surface area contributed by atoms with Crippen molar-refractivity contribution in [1.82, 2.24) is 4.98 Å². The minimum Gasteiger partial charge on any atom is -0.300 e. The summed E-state index contributed by atoms with van der Waals surface area (Å²) in [7, 11) is 0. The Morgan fingerprint density at radius 1 is 0.897 bits per heavy atom. The Hall–Kier alpha value is -4.09. The predicted molar refractivity (Wildman–Crippen MR) is 162 cm³/mol. The number of para-hydroxylation sites is 1. The van der Waals surface area contributed by atoms with Crippen molar-refractivity contribution < 1.29 is 4.79 Å². The molecular formula is C34H29N3OS. The van der Waals surface area contributed by atoms with Gasteiger partial charge in [-0.15, -0.1) is 11.3 Å². The SMILES string of the molecule is Cc1ccc2nc(-c3ccc(N=C4C(=O)N5c6c4cccc6[C@](C)(c4ccccc4)CC5(C)C)cc3)sc2c1. The Balaban J connectivity index is 1.30. The number of thiazole rings is 1. The third-order valence-electron chi connectivity index (χ3n) is 8.22. The van der Waals surface area contributed by atoms with Crippen LogP contribution in [0.5, 0.6) is 0 Å². The number of anilines is 1. The maximum atomic E-state index is 13.9. The maximum absolute atomic E-state index is 13.9. The number of aliphatic imine (C=N–C) groups is 1. The molecule has 0 unspecified atom stereocenters. The van der Waals surface area contributed by atoms with Gasteiger partial charge in [-0.2, -0.15) is 0 Å². The molecule has 0 aliphatic carbocycles. The Morgan fingerprint density at radius 3 is 2.44 bits per heavy atom. The fourth-order valence-corrected chi connectivity index (χ4v) is 7.56. The molecule has 39 heavy (non-hydrogen) atoms. The van der Waals surface area contributed by atoms with Gasteiger partial charge in [0.2, 0.25) is 0 Å². The van der Waals surface area contributed by atoms with Crippen LogP contribution in [0.2, 0.25) is 0 Å². The van der Waals surface area contributed by atoms with Gasteiger partial charge in [-0.3, -0.25) is 4.79 Å². The van der Waals surface area contributed by atoms with E-state index in [-0.39, 0.29) is 16.9 Å². The molecule has 0 saturated carbocycles. The van der Waals surface area contributed by atoms with E-state index in [2.05, 4.69) is 88.4 Å². The Bertz CT molecular complexity index is 1800. The molecule has 3 heterocycles. The van der Waals surface area contributed by atoms with Gasteiger partial charge in [0.15, 0.2) is 0 Å². The van der Waals surface area contributed by atoms with E-state index in [0.717, 1.165) is 39.4 Å². The maximum Gasteiger partial charge on any atom is 0.278 e. The summed E-state index contributed by atoms with van der Waals surface area (Å²) in [5, 5.41) is 0.987. The number of carbonyl (C=O) groups is 1. The van der Waals surface area contributed by atoms with Gasteiger partial charge < -0.3 is 4.90 Å². The summed E-state index contributed by atoms with van der Waals surface area (Å²) in [6.07, 6.45) is 0.829. The van der Waals surface area contributed by atoms with Crippen molar-refractivity contribution in [2.24, 2.45) is 4.99 Å². The van der Waals surface area contributed by atoms with Gasteiger partial charge in [-0.05, 0) is 80.3 Å². The van der Waals surface area contributed by atoms with E-state index in [1.165, 1.54) is 21.4 Å². The van der Waals surface area contributed by atoms with E-state index in [1.54, 1.807) is 11.3 Å². The van der Waals surface area contributed by atoms with Gasteiger partial charge in [-0.25, -0.2) is 9.98 Å². The number of fused-ring (bicyclic) bond motifs is 1. The lowest BCUT2D eigenvalue weighted by atomic mass is 9.65. The molecule has 192 valence electrons. The fraction of sp³-hybridized carbons (Fsp3) is 0.206. The molecule has 0 fully saturated rings. The third kappa shape index (κ3) is 3.68. The minimum absolute atomic E-state index is 0.0248. The molecule has 7 rings (SSSR count). The summed E-state index contributed by atoms with van der Waals surface area (Å²) in [5.74, 6) is -0.0248. The molecule has 2 aliphatic rings. The highest BCUT2D eigenvalue weighted by molar-refractivity contribution is 7.21. The van der Waals surface area contributed by atoms with E-state index >= 15 is 0 Å². The second-order valence-corrected chi connectivity index (χ2v) is 12.6. The molecule has 5 heteroatoms. The number of nitrogens with zero attached hydrogens (tertiary/aromatic N) is 3. The van der Waals surface area contributed by atoms with Crippen LogP contribution < -0.4 is 4.90 Å². The van der Waals surface area contributed by atoms with Crippen LogP contribution in [0.15, 0.2) is 96.0 Å². The first-order valence-electron chi connectivity index (χ1n) is 13.3. The van der Waals surface area contributed by atoms with Gasteiger partial charge in [0.25, 0.3) is 5.91 Å². The molecule has 0 bridgehead atoms. The zero-order valence-corrected chi connectivity index (χ0v) is 23.3. The number of hydrogen-bond acceptors (Lipinski definition) is 4. The summed E-state index contributed by atoms with van der Waals surface area (Å²) in [6.45, 7) is 8.74. The minimum atomic E-state index is -0.364. The molecule has 2 aliphatic heterocycles. The van der Waals surface area contributed by atoms with E-state index < -0.39 is 0 Å². The van der Waals surface area contributed by atoms with Crippen molar-refractivity contribution >= 4 is 44.5 Å². The van der Waals surface area contributed by atoms with Crippen LogP contribution >= 0.6 is 11.3 Å². The largest absolute Gasteiger partial charge is 0.300 e. The average Bonchev–Trinajstić information content (AvgIpc) is 3.47. The Labute approximate surface area is 232 Å². The Morgan fingerprint density at radius 2 is 1.67 bits per heavy atom. The second kappa shape index (κ2) is 8.45. The van der Waals surface area contributed by atoms with E-state index in [0.29, 0.717) is 5.71 Å². The Kier molecular flexibility index (Phi) is 5.20. The lowest BCUT2D eigenvalue weighted by Gasteiger charge is -2.49. The average molecular weight is 528 g/mol. The van der Waals surface area contributed by atoms with Gasteiger partial charge in [-0.1, -0.05) is 61.5 Å². The normalized spacial score (nSPS) is 20.6. The summed E-state index contributed by atoms with van der Waals surface area (Å²) in [4.78, 5) is 25.7. The molecular weight excluding hydrogens is 498 g/mol. The molecule has 1 amide bonds. The molecule has 4 nitrogen and oxygen atoms in total. The zero-order chi connectivity index (χ0) is 26.9. The number of amides is 1. The van der Waals surface area contributed by atoms with Crippen LogP contribution in [0.3, 0.4) is 0 Å². The number of benzene rings is 4. The van der Waals surface area contributed by atoms with Crippen molar-refractivity contribution in [3.63, 3.8) is 0 Å². The van der Waals surface area contributed by atoms with E-state index in [1.807, 2.05) is 35.2 Å². The van der Waals surface area contributed by atoms with Gasteiger partial charge in [0.1, 0.15) is 10.7 Å². The van der Waals surface area contributed by atoms with Crippen LogP contribution in [0.4, 0.5) is 11.4 Å². The number of aromatic nitrogens is 1. The second-order valence-electron chi connectivity index (χ2n) is 11.5. The fourth-order valence-electron chi connectivity index (χ4n) is 6.50. The topological polar surface area (TPSA) is 45.6 Å². The van der Waals surface area contributed by atoms with Gasteiger partial charge in [0, 0.05) is 22.1 Å².